The van der Waals surface area contributed by atoms with Crippen LogP contribution in [0.4, 0.5) is 5.69 Å². The second-order valence-corrected chi connectivity index (χ2v) is 9.13. The van der Waals surface area contributed by atoms with Gasteiger partial charge in [-0.1, -0.05) is 12.1 Å². The molecule has 136 valence electrons. The van der Waals surface area contributed by atoms with Gasteiger partial charge >= 0.3 is 5.97 Å². The summed E-state index contributed by atoms with van der Waals surface area (Å²) in [6.07, 6.45) is 1.08. The number of esters is 1. The largest absolute Gasteiger partial charge is 0.455 e. The average molecular weight is 409 g/mol. The number of rotatable bonds is 6. The Kier molecular flexibility index (Phi) is 5.40. The number of nitrogens with zero attached hydrogens (tertiary/aromatic N) is 2. The number of anilines is 1. The van der Waals surface area contributed by atoms with Crippen molar-refractivity contribution in [2.75, 3.05) is 17.6 Å². The van der Waals surface area contributed by atoms with Crippen LogP contribution in [0.1, 0.15) is 16.1 Å². The minimum Gasteiger partial charge on any atom is -0.455 e. The topological polar surface area (TPSA) is 76.6 Å². The highest BCUT2D eigenvalue weighted by molar-refractivity contribution is 7.92. The molecule has 2 heterocycles. The first-order valence-electron chi connectivity index (χ1n) is 7.53. The Hall–Kier alpha value is -2.23. The quantitative estimate of drug-likeness (QED) is 0.582. The van der Waals surface area contributed by atoms with E-state index in [0.29, 0.717) is 5.69 Å². The number of ether oxygens (including phenoxy) is 1. The fraction of sp³-hybridized carbons (Fsp3) is 0.176. The van der Waals surface area contributed by atoms with E-state index in [1.54, 1.807) is 29.5 Å². The van der Waals surface area contributed by atoms with Gasteiger partial charge < -0.3 is 4.74 Å². The second kappa shape index (κ2) is 7.56. The van der Waals surface area contributed by atoms with Crippen LogP contribution in [0.5, 0.6) is 0 Å². The maximum absolute atomic E-state index is 12.4. The summed E-state index contributed by atoms with van der Waals surface area (Å²) in [7, 11) is -2.09. The minimum atomic E-state index is -3.48. The summed E-state index contributed by atoms with van der Waals surface area (Å²) < 4.78 is 29.9. The van der Waals surface area contributed by atoms with E-state index in [1.165, 1.54) is 24.5 Å². The van der Waals surface area contributed by atoms with Gasteiger partial charge in [0, 0.05) is 23.4 Å². The van der Waals surface area contributed by atoms with E-state index in [-0.39, 0.29) is 17.9 Å². The van der Waals surface area contributed by atoms with Crippen molar-refractivity contribution < 1.29 is 17.9 Å². The highest BCUT2D eigenvalue weighted by Crippen LogP contribution is 2.26. The lowest BCUT2D eigenvalue weighted by atomic mass is 10.2. The zero-order valence-electron chi connectivity index (χ0n) is 14.1. The monoisotopic (exact) mass is 408 g/mol. The van der Waals surface area contributed by atoms with Gasteiger partial charge in [0.25, 0.3) is 0 Å². The van der Waals surface area contributed by atoms with Crippen molar-refractivity contribution in [2.45, 2.75) is 6.61 Å². The van der Waals surface area contributed by atoms with Crippen LogP contribution in [-0.2, 0) is 21.4 Å². The van der Waals surface area contributed by atoms with E-state index < -0.39 is 16.0 Å². The van der Waals surface area contributed by atoms with Gasteiger partial charge in [-0.15, -0.1) is 11.3 Å². The molecule has 0 N–H and O–H groups in total. The SMILES string of the molecule is CN(c1ccccc1C(=O)OCc1csc(-c2ccsc2)n1)S(C)(=O)=O. The average Bonchev–Trinajstić information content (AvgIpc) is 3.29. The van der Waals surface area contributed by atoms with Gasteiger partial charge in [0.05, 0.1) is 23.2 Å². The van der Waals surface area contributed by atoms with Gasteiger partial charge in [0.1, 0.15) is 11.6 Å². The van der Waals surface area contributed by atoms with Gasteiger partial charge in [0.15, 0.2) is 0 Å². The zero-order chi connectivity index (χ0) is 18.7. The highest BCUT2D eigenvalue weighted by Gasteiger charge is 2.20. The number of thiophene rings is 1. The third-order valence-electron chi connectivity index (χ3n) is 3.63. The predicted molar refractivity (Wildman–Crippen MR) is 104 cm³/mol. The normalized spacial score (nSPS) is 11.3. The lowest BCUT2D eigenvalue weighted by Crippen LogP contribution is -2.26. The van der Waals surface area contributed by atoms with E-state index in [0.717, 1.165) is 21.1 Å². The molecule has 0 fully saturated rings. The van der Waals surface area contributed by atoms with E-state index >= 15 is 0 Å². The van der Waals surface area contributed by atoms with Crippen LogP contribution in [0.25, 0.3) is 10.6 Å². The summed E-state index contributed by atoms with van der Waals surface area (Å²) in [4.78, 5) is 16.9. The Morgan fingerprint density at radius 2 is 2.00 bits per heavy atom. The molecule has 0 aliphatic rings. The maximum Gasteiger partial charge on any atom is 0.340 e. The molecule has 0 aliphatic carbocycles. The number of hydrogen-bond donors (Lipinski definition) is 0. The summed E-state index contributed by atoms with van der Waals surface area (Å²) in [6.45, 7) is 0.0242. The molecule has 0 atom stereocenters. The number of sulfonamides is 1. The van der Waals surface area contributed by atoms with E-state index in [1.807, 2.05) is 22.2 Å². The lowest BCUT2D eigenvalue weighted by Gasteiger charge is -2.19. The van der Waals surface area contributed by atoms with Crippen molar-refractivity contribution in [1.82, 2.24) is 4.98 Å². The summed E-state index contributed by atoms with van der Waals surface area (Å²) >= 11 is 3.08. The number of para-hydroxylation sites is 1. The smallest absolute Gasteiger partial charge is 0.340 e. The lowest BCUT2D eigenvalue weighted by molar-refractivity contribution is 0.0469. The molecular weight excluding hydrogens is 392 g/mol. The predicted octanol–water partition coefficient (Wildman–Crippen LogP) is 3.62. The Bertz CT molecular complexity index is 1010. The number of benzene rings is 1. The van der Waals surface area contributed by atoms with Crippen LogP contribution in [0.15, 0.2) is 46.5 Å². The molecule has 0 saturated carbocycles. The van der Waals surface area contributed by atoms with Crippen LogP contribution in [0.2, 0.25) is 0 Å². The molecule has 0 aliphatic heterocycles. The Labute approximate surface area is 159 Å². The van der Waals surface area contributed by atoms with Gasteiger partial charge in [-0.2, -0.15) is 11.3 Å². The van der Waals surface area contributed by atoms with Crippen molar-refractivity contribution in [1.29, 1.82) is 0 Å². The number of carbonyl (C=O) groups excluding carboxylic acids is 1. The van der Waals surface area contributed by atoms with Gasteiger partial charge in [-0.25, -0.2) is 18.2 Å². The minimum absolute atomic E-state index is 0.0242. The van der Waals surface area contributed by atoms with Crippen molar-refractivity contribution in [3.8, 4) is 10.6 Å². The molecule has 6 nitrogen and oxygen atoms in total. The number of carbonyl (C=O) groups is 1. The van der Waals surface area contributed by atoms with Crippen molar-refractivity contribution >= 4 is 44.4 Å². The third-order valence-corrected chi connectivity index (χ3v) is 6.45. The molecule has 0 bridgehead atoms. The fourth-order valence-corrected chi connectivity index (χ4v) is 4.24. The highest BCUT2D eigenvalue weighted by atomic mass is 32.2. The van der Waals surface area contributed by atoms with E-state index in [2.05, 4.69) is 4.98 Å². The number of aromatic nitrogens is 1. The standard InChI is InChI=1S/C17H16N2O4S3/c1-19(26(2,21)22)15-6-4-3-5-14(15)17(20)23-9-13-11-25-16(18-13)12-7-8-24-10-12/h3-8,10-11H,9H2,1-2H3. The van der Waals surface area contributed by atoms with E-state index in [4.69, 9.17) is 4.74 Å². The van der Waals surface area contributed by atoms with Crippen molar-refractivity contribution in [2.24, 2.45) is 0 Å². The van der Waals surface area contributed by atoms with Gasteiger partial charge in [0.2, 0.25) is 10.0 Å². The summed E-state index contributed by atoms with van der Waals surface area (Å²) in [5, 5.41) is 6.70. The molecule has 0 radical (unpaired) electrons. The van der Waals surface area contributed by atoms with Gasteiger partial charge in [-0.3, -0.25) is 4.31 Å². The maximum atomic E-state index is 12.4. The molecule has 0 unspecified atom stereocenters. The summed E-state index contributed by atoms with van der Waals surface area (Å²) in [6, 6.07) is 8.41. The third kappa shape index (κ3) is 4.12. The molecule has 1 aromatic carbocycles. The first-order valence-corrected chi connectivity index (χ1v) is 11.2. The van der Waals surface area contributed by atoms with Crippen LogP contribution < -0.4 is 4.31 Å². The molecule has 0 saturated heterocycles. The van der Waals surface area contributed by atoms with E-state index in [9.17, 15) is 13.2 Å². The van der Waals surface area contributed by atoms with Crippen molar-refractivity contribution in [3.05, 3.63) is 57.7 Å². The molecular formula is C17H16N2O4S3. The Balaban J connectivity index is 1.73. The first kappa shape index (κ1) is 18.6. The van der Waals surface area contributed by atoms with Crippen molar-refractivity contribution in [3.63, 3.8) is 0 Å². The molecule has 26 heavy (non-hydrogen) atoms. The molecule has 2 aromatic heterocycles. The Morgan fingerprint density at radius 3 is 2.69 bits per heavy atom. The molecule has 3 aromatic rings. The second-order valence-electron chi connectivity index (χ2n) is 5.48. The first-order chi connectivity index (χ1) is 12.4. The molecule has 0 spiro atoms. The van der Waals surface area contributed by atoms with Crippen LogP contribution in [0.3, 0.4) is 0 Å². The molecule has 9 heteroatoms. The Morgan fingerprint density at radius 1 is 1.23 bits per heavy atom. The molecule has 0 amide bonds. The molecule has 3 rings (SSSR count). The van der Waals surface area contributed by atoms with Crippen LogP contribution >= 0.6 is 22.7 Å². The fourth-order valence-electron chi connectivity index (χ4n) is 2.21. The van der Waals surface area contributed by atoms with Gasteiger partial charge in [-0.05, 0) is 23.6 Å². The van der Waals surface area contributed by atoms with Crippen LogP contribution in [0, 0.1) is 0 Å². The number of thiazole rings is 1. The summed E-state index contributed by atoms with van der Waals surface area (Å²) in [5.74, 6) is -0.596. The van der Waals surface area contributed by atoms with Crippen LogP contribution in [-0.4, -0.2) is 32.7 Å². The number of hydrogen-bond acceptors (Lipinski definition) is 7. The summed E-state index contributed by atoms with van der Waals surface area (Å²) in [5.41, 5.74) is 2.15. The zero-order valence-corrected chi connectivity index (χ0v) is 16.5.